The van der Waals surface area contributed by atoms with Crippen molar-refractivity contribution in [3.8, 4) is 0 Å². The Kier molecular flexibility index (Phi) is 8.38. The molecule has 8 heavy (non-hydrogen) atoms. The molecule has 0 rings (SSSR count). The van der Waals surface area contributed by atoms with E-state index in [1.54, 1.807) is 0 Å². The fourth-order valence-corrected chi connectivity index (χ4v) is 0.109. The largest absolute Gasteiger partial charge is 0.411 e. The third kappa shape index (κ3) is 5.43. The summed E-state index contributed by atoms with van der Waals surface area (Å²) in [5.74, 6) is 0. The maximum absolute atomic E-state index is 7.85. The predicted octanol–water partition coefficient (Wildman–Crippen LogP) is 0.294. The predicted molar refractivity (Wildman–Crippen MR) is 25.2 cm³/mol. The molecule has 50 valence electrons. The van der Waals surface area contributed by atoms with Gasteiger partial charge in [0.2, 0.25) is 0 Å². The van der Waals surface area contributed by atoms with Gasteiger partial charge in [0.15, 0.2) is 0 Å². The summed E-state index contributed by atoms with van der Waals surface area (Å²) in [6, 6.07) is 0. The van der Waals surface area contributed by atoms with E-state index in [9.17, 15) is 0 Å². The van der Waals surface area contributed by atoms with Crippen molar-refractivity contribution in [1.82, 2.24) is 0 Å². The molecule has 0 radical (unpaired) electrons. The Hall–Kier alpha value is -0.566. The van der Waals surface area contributed by atoms with E-state index in [1.807, 2.05) is 0 Å². The minimum atomic E-state index is 0. The molecule has 0 aromatic heterocycles. The Bertz CT molecular complexity index is 101. The van der Waals surface area contributed by atoms with E-state index < -0.39 is 0 Å². The van der Waals surface area contributed by atoms with Crippen molar-refractivity contribution in [3.63, 3.8) is 0 Å². The Morgan fingerprint density at radius 3 is 2.12 bits per heavy atom. The Morgan fingerprint density at radius 1 is 1.50 bits per heavy atom. The van der Waals surface area contributed by atoms with E-state index in [0.717, 1.165) is 6.21 Å². The second kappa shape index (κ2) is 6.43. The van der Waals surface area contributed by atoms with Crippen LogP contribution in [-0.4, -0.2) is 22.3 Å². The zero-order valence-electron chi connectivity index (χ0n) is 4.18. The van der Waals surface area contributed by atoms with E-state index in [4.69, 9.17) is 10.4 Å². The number of hydrogen-bond acceptors (Lipinski definition) is 4. The van der Waals surface area contributed by atoms with Gasteiger partial charge in [0.05, 0.1) is 11.9 Å². The van der Waals surface area contributed by atoms with Gasteiger partial charge in [-0.3, -0.25) is 0 Å². The monoisotopic (exact) mass is 160 g/mol. The molecule has 0 aliphatic heterocycles. The van der Waals surface area contributed by atoms with Crippen LogP contribution < -0.4 is 0 Å². The van der Waals surface area contributed by atoms with Crippen molar-refractivity contribution in [2.75, 3.05) is 0 Å². The van der Waals surface area contributed by atoms with Gasteiger partial charge in [0.1, 0.15) is 0 Å². The summed E-state index contributed by atoms with van der Waals surface area (Å²) >= 11 is 0. The zero-order chi connectivity index (χ0) is 5.70. The second-order valence-corrected chi connectivity index (χ2v) is 0.986. The molecule has 0 aliphatic carbocycles. The van der Waals surface area contributed by atoms with Crippen LogP contribution in [-0.2, 0) is 16.5 Å². The summed E-state index contributed by atoms with van der Waals surface area (Å²) < 4.78 is 0. The number of oxime groups is 2. The van der Waals surface area contributed by atoms with Crippen molar-refractivity contribution >= 4 is 11.9 Å². The van der Waals surface area contributed by atoms with Crippen molar-refractivity contribution in [2.45, 2.75) is 6.92 Å². The molecule has 0 aliphatic rings. The van der Waals surface area contributed by atoms with Gasteiger partial charge in [-0.1, -0.05) is 10.3 Å². The molecular weight excluding hydrogens is 155 g/mol. The van der Waals surface area contributed by atoms with Gasteiger partial charge in [0, 0.05) is 16.5 Å². The minimum Gasteiger partial charge on any atom is -0.411 e. The first-order chi connectivity index (χ1) is 3.31. The van der Waals surface area contributed by atoms with E-state index >= 15 is 0 Å². The Balaban J connectivity index is 0. The zero-order valence-corrected chi connectivity index (χ0v) is 5.17. The molecule has 0 saturated carbocycles. The molecule has 2 N–H and O–H groups in total. The molecule has 0 aromatic carbocycles. The normalized spacial score (nSPS) is 11.4. The Morgan fingerprint density at radius 2 is 2.00 bits per heavy atom. The summed E-state index contributed by atoms with van der Waals surface area (Å²) in [5, 5.41) is 20.9. The van der Waals surface area contributed by atoms with Gasteiger partial charge >= 0.3 is 0 Å². The van der Waals surface area contributed by atoms with Crippen LogP contribution in [0.25, 0.3) is 0 Å². The molecule has 0 aromatic rings. The van der Waals surface area contributed by atoms with Crippen LogP contribution in [0, 0.1) is 0 Å². The smallest absolute Gasteiger partial charge is 0.0980 e. The maximum atomic E-state index is 7.85. The quantitative estimate of drug-likeness (QED) is 0.251. The SMILES string of the molecule is CC(C=NO)=NO.[Ni]. The number of hydrogen-bond donors (Lipinski definition) is 2. The van der Waals surface area contributed by atoms with E-state index in [-0.39, 0.29) is 22.2 Å². The van der Waals surface area contributed by atoms with Gasteiger partial charge in [-0.15, -0.1) is 0 Å². The fraction of sp³-hybridized carbons (Fsp3) is 0.333. The van der Waals surface area contributed by atoms with E-state index in [2.05, 4.69) is 10.3 Å². The summed E-state index contributed by atoms with van der Waals surface area (Å²) in [4.78, 5) is 0. The second-order valence-electron chi connectivity index (χ2n) is 0.986. The molecule has 0 bridgehead atoms. The third-order valence-electron chi connectivity index (χ3n) is 0.402. The number of rotatable bonds is 1. The standard InChI is InChI=1S/C3H6N2O2.Ni/c1-3(5-7)2-4-6;/h2,6-7H,1H3;. The molecule has 0 spiro atoms. The molecule has 0 amide bonds. The first-order valence-corrected chi connectivity index (χ1v) is 1.67. The molecule has 0 heterocycles. The fourth-order valence-electron chi connectivity index (χ4n) is 0.109. The van der Waals surface area contributed by atoms with Gasteiger partial charge < -0.3 is 10.4 Å². The van der Waals surface area contributed by atoms with Crippen LogP contribution >= 0.6 is 0 Å². The maximum Gasteiger partial charge on any atom is 0.0980 e. The molecule has 5 heteroatoms. The molecular formula is C3H6N2NiO2. The Labute approximate surface area is 56.8 Å². The molecule has 0 saturated heterocycles. The van der Waals surface area contributed by atoms with E-state index in [1.165, 1.54) is 6.92 Å². The van der Waals surface area contributed by atoms with Crippen molar-refractivity contribution in [3.05, 3.63) is 0 Å². The van der Waals surface area contributed by atoms with Gasteiger partial charge in [-0.25, -0.2) is 0 Å². The van der Waals surface area contributed by atoms with E-state index in [0.29, 0.717) is 0 Å². The summed E-state index contributed by atoms with van der Waals surface area (Å²) in [5.41, 5.74) is 0.266. The summed E-state index contributed by atoms with van der Waals surface area (Å²) in [6.45, 7) is 1.50. The van der Waals surface area contributed by atoms with Crippen LogP contribution in [0.5, 0.6) is 0 Å². The topological polar surface area (TPSA) is 65.2 Å². The van der Waals surface area contributed by atoms with Crippen molar-refractivity contribution in [1.29, 1.82) is 0 Å². The first kappa shape index (κ1) is 10.4. The first-order valence-electron chi connectivity index (χ1n) is 1.67. The minimum absolute atomic E-state index is 0. The number of nitrogens with zero attached hydrogens (tertiary/aromatic N) is 2. The third-order valence-corrected chi connectivity index (χ3v) is 0.402. The summed E-state index contributed by atoms with van der Waals surface area (Å²) in [6.07, 6.45) is 1.03. The van der Waals surface area contributed by atoms with Crippen LogP contribution in [0.1, 0.15) is 6.92 Å². The van der Waals surface area contributed by atoms with Crippen LogP contribution in [0.4, 0.5) is 0 Å². The van der Waals surface area contributed by atoms with Crippen LogP contribution in [0.15, 0.2) is 10.3 Å². The molecule has 4 nitrogen and oxygen atoms in total. The van der Waals surface area contributed by atoms with Crippen molar-refractivity contribution < 1.29 is 26.9 Å². The van der Waals surface area contributed by atoms with Gasteiger partial charge in [0.25, 0.3) is 0 Å². The summed E-state index contributed by atoms with van der Waals surface area (Å²) in [7, 11) is 0. The average Bonchev–Trinajstić information content (AvgIpc) is 1.68. The van der Waals surface area contributed by atoms with Gasteiger partial charge in [-0.05, 0) is 6.92 Å². The van der Waals surface area contributed by atoms with Crippen LogP contribution in [0.2, 0.25) is 0 Å². The molecule has 0 atom stereocenters. The molecule has 0 fully saturated rings. The van der Waals surface area contributed by atoms with Crippen molar-refractivity contribution in [2.24, 2.45) is 10.3 Å². The average molecular weight is 161 g/mol. The van der Waals surface area contributed by atoms with Gasteiger partial charge in [-0.2, -0.15) is 0 Å². The molecule has 0 unspecified atom stereocenters. The van der Waals surface area contributed by atoms with Crippen LogP contribution in [0.3, 0.4) is 0 Å².